The average Bonchev–Trinajstić information content (AvgIpc) is 2.89. The molecule has 0 aromatic carbocycles. The lowest BCUT2D eigenvalue weighted by Gasteiger charge is -2.40. The van der Waals surface area contributed by atoms with Crippen LogP contribution in [0.5, 0.6) is 0 Å². The quantitative estimate of drug-likeness (QED) is 0.862. The van der Waals surface area contributed by atoms with Crippen LogP contribution in [0.2, 0.25) is 0 Å². The molecule has 6 heteroatoms. The van der Waals surface area contributed by atoms with Crippen LogP contribution < -0.4 is 0 Å². The zero-order valence-corrected chi connectivity index (χ0v) is 10.5. The van der Waals surface area contributed by atoms with Gasteiger partial charge in [0, 0.05) is 25.2 Å². The Labute approximate surface area is 110 Å². The van der Waals surface area contributed by atoms with Gasteiger partial charge in [0.15, 0.2) is 5.79 Å². The summed E-state index contributed by atoms with van der Waals surface area (Å²) >= 11 is 0. The Bertz CT molecular complexity index is 461. The highest BCUT2D eigenvalue weighted by atomic mass is 16.7. The van der Waals surface area contributed by atoms with Crippen LogP contribution in [0.25, 0.3) is 0 Å². The molecule has 1 aromatic heterocycles. The summed E-state index contributed by atoms with van der Waals surface area (Å²) in [6.45, 7) is 1.17. The van der Waals surface area contributed by atoms with Crippen LogP contribution in [0.15, 0.2) is 18.5 Å². The normalized spacial score (nSPS) is 24.4. The summed E-state index contributed by atoms with van der Waals surface area (Å²) in [5.74, 6) is -1.06. The Hall–Kier alpha value is -1.53. The molecule has 0 amide bonds. The number of carboxylic acids is 1. The molecule has 102 valence electrons. The smallest absolute Gasteiger partial charge is 0.317 e. The van der Waals surface area contributed by atoms with Crippen LogP contribution in [-0.4, -0.2) is 40.0 Å². The summed E-state index contributed by atoms with van der Waals surface area (Å²) in [6, 6.07) is 1.69. The van der Waals surface area contributed by atoms with Gasteiger partial charge in [-0.2, -0.15) is 0 Å². The van der Waals surface area contributed by atoms with E-state index >= 15 is 0 Å². The number of carbonyl (C=O) groups is 1. The van der Waals surface area contributed by atoms with Crippen molar-refractivity contribution >= 4 is 5.97 Å². The molecule has 6 nitrogen and oxygen atoms in total. The average molecular weight is 264 g/mol. The van der Waals surface area contributed by atoms with Gasteiger partial charge in [-0.05, 0) is 18.9 Å². The minimum atomic E-state index is -1.01. The van der Waals surface area contributed by atoms with E-state index in [0.29, 0.717) is 44.7 Å². The summed E-state index contributed by atoms with van der Waals surface area (Å²) in [7, 11) is 0. The molecule has 1 spiro atoms. The van der Waals surface area contributed by atoms with Crippen molar-refractivity contribution in [2.45, 2.75) is 36.9 Å². The predicted molar refractivity (Wildman–Crippen MR) is 64.4 cm³/mol. The number of hydrogen-bond donors (Lipinski definition) is 1. The largest absolute Gasteiger partial charge is 0.480 e. The number of rotatable bonds is 2. The maximum atomic E-state index is 11.7. The first kappa shape index (κ1) is 12.5. The number of carboxylic acid groups (broad SMARTS) is 1. The van der Waals surface area contributed by atoms with E-state index in [0.717, 1.165) is 0 Å². The van der Waals surface area contributed by atoms with Crippen LogP contribution in [0, 0.1) is 0 Å². The van der Waals surface area contributed by atoms with Crippen molar-refractivity contribution in [1.29, 1.82) is 0 Å². The molecule has 1 saturated heterocycles. The highest BCUT2D eigenvalue weighted by Gasteiger charge is 2.52. The van der Waals surface area contributed by atoms with E-state index < -0.39 is 17.2 Å². The first-order valence-corrected chi connectivity index (χ1v) is 6.46. The fraction of sp³-hybridized carbons (Fsp3) is 0.615. The molecular formula is C13H16N2O4. The molecule has 19 heavy (non-hydrogen) atoms. The van der Waals surface area contributed by atoms with Crippen molar-refractivity contribution in [3.8, 4) is 0 Å². The van der Waals surface area contributed by atoms with Gasteiger partial charge in [-0.1, -0.05) is 0 Å². The van der Waals surface area contributed by atoms with Crippen molar-refractivity contribution in [1.82, 2.24) is 9.97 Å². The lowest BCUT2D eigenvalue weighted by molar-refractivity contribution is -0.190. The Morgan fingerprint density at radius 1 is 1.11 bits per heavy atom. The van der Waals surface area contributed by atoms with Gasteiger partial charge in [0.1, 0.15) is 11.2 Å². The van der Waals surface area contributed by atoms with E-state index in [2.05, 4.69) is 9.97 Å². The van der Waals surface area contributed by atoms with Crippen molar-refractivity contribution < 1.29 is 19.4 Å². The van der Waals surface area contributed by atoms with Gasteiger partial charge in [0.2, 0.25) is 0 Å². The van der Waals surface area contributed by atoms with Gasteiger partial charge in [-0.15, -0.1) is 0 Å². The Balaban J connectivity index is 1.87. The van der Waals surface area contributed by atoms with Crippen LogP contribution >= 0.6 is 0 Å². The fourth-order valence-corrected chi connectivity index (χ4v) is 2.92. The Morgan fingerprint density at radius 3 is 2.21 bits per heavy atom. The molecule has 1 saturated carbocycles. The highest BCUT2D eigenvalue weighted by Crippen LogP contribution is 2.45. The second-order valence-corrected chi connectivity index (χ2v) is 5.07. The Kier molecular flexibility index (Phi) is 2.99. The molecule has 0 unspecified atom stereocenters. The molecule has 2 aliphatic rings. The molecule has 3 rings (SSSR count). The summed E-state index contributed by atoms with van der Waals surface area (Å²) in [5, 5.41) is 9.61. The molecule has 0 radical (unpaired) electrons. The van der Waals surface area contributed by atoms with Crippen molar-refractivity contribution in [3.63, 3.8) is 0 Å². The summed E-state index contributed by atoms with van der Waals surface area (Å²) in [5.41, 5.74) is -1.01. The van der Waals surface area contributed by atoms with Gasteiger partial charge in [-0.25, -0.2) is 9.97 Å². The van der Waals surface area contributed by atoms with E-state index in [4.69, 9.17) is 9.47 Å². The third kappa shape index (κ3) is 2.01. The third-order valence-corrected chi connectivity index (χ3v) is 4.08. The first-order chi connectivity index (χ1) is 9.17. The molecule has 1 aliphatic carbocycles. The fourth-order valence-electron chi connectivity index (χ4n) is 2.92. The summed E-state index contributed by atoms with van der Waals surface area (Å²) in [4.78, 5) is 20.0. The van der Waals surface area contributed by atoms with Crippen LogP contribution in [0.1, 0.15) is 31.5 Å². The zero-order valence-electron chi connectivity index (χ0n) is 10.5. The summed E-state index contributed by atoms with van der Waals surface area (Å²) < 4.78 is 11.3. The molecule has 1 aliphatic heterocycles. The standard InChI is InChI=1S/C13H16N2O4/c16-11(17)12(10-14-6-1-7-15-10)2-4-13(5-3-12)18-8-9-19-13/h1,6-7H,2-5,8-9H2,(H,16,17). The zero-order chi connectivity index (χ0) is 13.3. The van der Waals surface area contributed by atoms with Gasteiger partial charge in [-0.3, -0.25) is 4.79 Å². The van der Waals surface area contributed by atoms with Crippen molar-refractivity contribution in [3.05, 3.63) is 24.3 Å². The van der Waals surface area contributed by atoms with E-state index in [-0.39, 0.29) is 0 Å². The van der Waals surface area contributed by atoms with E-state index in [1.807, 2.05) is 0 Å². The predicted octanol–water partition coefficient (Wildman–Crippen LogP) is 1.12. The van der Waals surface area contributed by atoms with Crippen molar-refractivity contribution in [2.75, 3.05) is 13.2 Å². The number of nitrogens with zero attached hydrogens (tertiary/aromatic N) is 2. The molecular weight excluding hydrogens is 248 g/mol. The second-order valence-electron chi connectivity index (χ2n) is 5.07. The third-order valence-electron chi connectivity index (χ3n) is 4.08. The maximum absolute atomic E-state index is 11.7. The van der Waals surface area contributed by atoms with Crippen LogP contribution in [-0.2, 0) is 19.7 Å². The van der Waals surface area contributed by atoms with Crippen molar-refractivity contribution in [2.24, 2.45) is 0 Å². The lowest BCUT2D eigenvalue weighted by Crippen LogP contribution is -2.47. The number of hydrogen-bond acceptors (Lipinski definition) is 5. The lowest BCUT2D eigenvalue weighted by atomic mass is 9.71. The Morgan fingerprint density at radius 2 is 1.68 bits per heavy atom. The van der Waals surface area contributed by atoms with Gasteiger partial charge >= 0.3 is 5.97 Å². The van der Waals surface area contributed by atoms with Gasteiger partial charge < -0.3 is 14.6 Å². The summed E-state index contributed by atoms with van der Waals surface area (Å²) in [6.07, 6.45) is 5.17. The number of aromatic nitrogens is 2. The maximum Gasteiger partial charge on any atom is 0.317 e. The minimum Gasteiger partial charge on any atom is -0.480 e. The topological polar surface area (TPSA) is 81.5 Å². The molecule has 1 aromatic rings. The van der Waals surface area contributed by atoms with Gasteiger partial charge in [0.25, 0.3) is 0 Å². The molecule has 2 fully saturated rings. The van der Waals surface area contributed by atoms with Crippen LogP contribution in [0.4, 0.5) is 0 Å². The number of ether oxygens (including phenoxy) is 2. The molecule has 0 atom stereocenters. The molecule has 1 N–H and O–H groups in total. The van der Waals surface area contributed by atoms with Gasteiger partial charge in [0.05, 0.1) is 13.2 Å². The van der Waals surface area contributed by atoms with E-state index in [1.165, 1.54) is 0 Å². The highest BCUT2D eigenvalue weighted by molar-refractivity contribution is 5.80. The first-order valence-electron chi connectivity index (χ1n) is 6.46. The minimum absolute atomic E-state index is 0.385. The second kappa shape index (κ2) is 4.54. The van der Waals surface area contributed by atoms with E-state index in [9.17, 15) is 9.90 Å². The monoisotopic (exact) mass is 264 g/mol. The molecule has 0 bridgehead atoms. The number of aliphatic carboxylic acids is 1. The van der Waals surface area contributed by atoms with E-state index in [1.54, 1.807) is 18.5 Å². The SMILES string of the molecule is O=C(O)C1(c2ncccn2)CCC2(CC1)OCCO2. The van der Waals surface area contributed by atoms with Crippen LogP contribution in [0.3, 0.4) is 0 Å². The molecule has 2 heterocycles.